The van der Waals surface area contributed by atoms with E-state index in [4.69, 9.17) is 14.2 Å². The Morgan fingerprint density at radius 1 is 0.974 bits per heavy atom. The molecule has 38 heavy (non-hydrogen) atoms. The van der Waals surface area contributed by atoms with Crippen LogP contribution in [0.2, 0.25) is 0 Å². The molecule has 0 radical (unpaired) electrons. The molecule has 0 spiro atoms. The van der Waals surface area contributed by atoms with Crippen molar-refractivity contribution in [3.8, 4) is 16.3 Å². The van der Waals surface area contributed by atoms with Gasteiger partial charge in [-0.2, -0.15) is 0 Å². The van der Waals surface area contributed by atoms with Crippen molar-refractivity contribution in [1.29, 1.82) is 0 Å². The van der Waals surface area contributed by atoms with Gasteiger partial charge in [-0.05, 0) is 57.0 Å². The number of ether oxygens (including phenoxy) is 3. The van der Waals surface area contributed by atoms with Gasteiger partial charge in [0, 0.05) is 29.6 Å². The highest BCUT2D eigenvalue weighted by Gasteiger charge is 2.16. The molecule has 0 aliphatic carbocycles. The van der Waals surface area contributed by atoms with Crippen molar-refractivity contribution in [2.45, 2.75) is 71.8 Å². The zero-order chi connectivity index (χ0) is 27.4. The van der Waals surface area contributed by atoms with Crippen molar-refractivity contribution in [3.05, 3.63) is 71.2 Å². The average Bonchev–Trinajstić information content (AvgIpc) is 3.36. The average molecular weight is 540 g/mol. The van der Waals surface area contributed by atoms with Crippen molar-refractivity contribution in [2.75, 3.05) is 6.54 Å². The van der Waals surface area contributed by atoms with Crippen LogP contribution in [0.5, 0.6) is 5.75 Å². The van der Waals surface area contributed by atoms with Crippen LogP contribution in [-0.4, -0.2) is 35.4 Å². The molecule has 2 amide bonds. The van der Waals surface area contributed by atoms with E-state index in [-0.39, 0.29) is 12.7 Å². The predicted octanol–water partition coefficient (Wildman–Crippen LogP) is 6.70. The van der Waals surface area contributed by atoms with E-state index >= 15 is 0 Å². The van der Waals surface area contributed by atoms with Crippen molar-refractivity contribution in [2.24, 2.45) is 0 Å². The third-order valence-corrected chi connectivity index (χ3v) is 6.37. The number of amides is 2. The lowest BCUT2D eigenvalue weighted by atomic mass is 10.1. The van der Waals surface area contributed by atoms with Crippen LogP contribution in [0.4, 0.5) is 9.59 Å². The number of thiazole rings is 1. The summed E-state index contributed by atoms with van der Waals surface area (Å²) in [6.07, 6.45) is 3.38. The fourth-order valence-electron chi connectivity index (χ4n) is 3.56. The number of aromatic nitrogens is 1. The summed E-state index contributed by atoms with van der Waals surface area (Å²) < 4.78 is 16.7. The molecule has 2 N–H and O–H groups in total. The largest absolute Gasteiger partial charge is 0.490 e. The Kier molecular flexibility index (Phi) is 11.0. The molecule has 0 bridgehead atoms. The Labute approximate surface area is 228 Å². The van der Waals surface area contributed by atoms with Crippen LogP contribution >= 0.6 is 11.3 Å². The molecule has 0 saturated heterocycles. The second-order valence-corrected chi connectivity index (χ2v) is 10.9. The van der Waals surface area contributed by atoms with E-state index in [0.717, 1.165) is 39.6 Å². The normalized spacial score (nSPS) is 11.9. The topological polar surface area (TPSA) is 98.8 Å². The van der Waals surface area contributed by atoms with Gasteiger partial charge in [0.2, 0.25) is 0 Å². The number of hydrogen-bond acceptors (Lipinski definition) is 7. The van der Waals surface area contributed by atoms with E-state index in [1.54, 1.807) is 6.20 Å². The van der Waals surface area contributed by atoms with Crippen LogP contribution in [0, 0.1) is 0 Å². The molecule has 204 valence electrons. The second-order valence-electron chi connectivity index (χ2n) is 9.82. The van der Waals surface area contributed by atoms with Gasteiger partial charge in [-0.25, -0.2) is 14.6 Å². The minimum atomic E-state index is -0.534. The summed E-state index contributed by atoms with van der Waals surface area (Å²) in [5.41, 5.74) is 1.39. The van der Waals surface area contributed by atoms with Gasteiger partial charge in [-0.1, -0.05) is 43.7 Å². The standard InChI is InChI=1S/C29H37N3O5S/c1-5-9-23(16-17-30-27(33)35-20-21-10-7-6-8-11-21)36-24-14-12-22(13-15-24)26-31-18-25(38-26)19-32-28(34)37-29(2,3)4/h6-8,10-15,18,23H,5,9,16-17,19-20H2,1-4H3,(H,30,33)(H,32,34). The first-order valence-electron chi connectivity index (χ1n) is 12.8. The highest BCUT2D eigenvalue weighted by atomic mass is 32.1. The van der Waals surface area contributed by atoms with E-state index in [0.29, 0.717) is 19.5 Å². The molecule has 0 saturated carbocycles. The Hall–Kier alpha value is -3.59. The SMILES string of the molecule is CCCC(CCNC(=O)OCc1ccccc1)Oc1ccc(-c2ncc(CNC(=O)OC(C)(C)C)s2)cc1. The monoisotopic (exact) mass is 539 g/mol. The summed E-state index contributed by atoms with van der Waals surface area (Å²) in [4.78, 5) is 29.3. The molecule has 1 aromatic heterocycles. The summed E-state index contributed by atoms with van der Waals surface area (Å²) in [6, 6.07) is 17.4. The van der Waals surface area contributed by atoms with Crippen molar-refractivity contribution < 1.29 is 23.8 Å². The molecule has 9 heteroatoms. The van der Waals surface area contributed by atoms with Gasteiger partial charge in [0.25, 0.3) is 0 Å². The molecular weight excluding hydrogens is 502 g/mol. The molecule has 2 aromatic carbocycles. The van der Waals surface area contributed by atoms with Gasteiger partial charge >= 0.3 is 12.2 Å². The number of nitrogens with zero attached hydrogens (tertiary/aromatic N) is 1. The maximum Gasteiger partial charge on any atom is 0.407 e. The number of hydrogen-bond donors (Lipinski definition) is 2. The first kappa shape index (κ1) is 29.0. The molecule has 8 nitrogen and oxygen atoms in total. The minimum absolute atomic E-state index is 0.0225. The number of carbonyl (C=O) groups is 2. The van der Waals surface area contributed by atoms with E-state index in [9.17, 15) is 9.59 Å². The molecule has 3 aromatic rings. The fourth-order valence-corrected chi connectivity index (χ4v) is 4.42. The summed E-state index contributed by atoms with van der Waals surface area (Å²) >= 11 is 1.52. The predicted molar refractivity (Wildman–Crippen MR) is 149 cm³/mol. The van der Waals surface area contributed by atoms with Crippen LogP contribution in [0.15, 0.2) is 60.8 Å². The first-order valence-corrected chi connectivity index (χ1v) is 13.7. The van der Waals surface area contributed by atoms with E-state index < -0.39 is 17.8 Å². The van der Waals surface area contributed by atoms with Crippen LogP contribution < -0.4 is 15.4 Å². The lowest BCUT2D eigenvalue weighted by Crippen LogP contribution is -2.31. The van der Waals surface area contributed by atoms with Gasteiger partial charge in [-0.15, -0.1) is 11.3 Å². The van der Waals surface area contributed by atoms with Crippen LogP contribution in [0.25, 0.3) is 10.6 Å². The lowest BCUT2D eigenvalue weighted by Gasteiger charge is -2.19. The Bertz CT molecular complexity index is 1140. The summed E-state index contributed by atoms with van der Waals surface area (Å²) in [5.74, 6) is 0.766. The Morgan fingerprint density at radius 3 is 2.39 bits per heavy atom. The van der Waals surface area contributed by atoms with Crippen LogP contribution in [0.3, 0.4) is 0 Å². The van der Waals surface area contributed by atoms with Crippen LogP contribution in [-0.2, 0) is 22.6 Å². The number of carbonyl (C=O) groups excluding carboxylic acids is 2. The molecule has 1 unspecified atom stereocenters. The van der Waals surface area contributed by atoms with Crippen molar-refractivity contribution in [1.82, 2.24) is 15.6 Å². The molecule has 1 atom stereocenters. The van der Waals surface area contributed by atoms with Crippen molar-refractivity contribution >= 4 is 23.5 Å². The lowest BCUT2D eigenvalue weighted by molar-refractivity contribution is 0.0524. The maximum absolute atomic E-state index is 12.0. The van der Waals surface area contributed by atoms with Crippen molar-refractivity contribution in [3.63, 3.8) is 0 Å². The summed E-state index contributed by atoms with van der Waals surface area (Å²) in [7, 11) is 0. The summed E-state index contributed by atoms with van der Waals surface area (Å²) in [5, 5.41) is 6.42. The third kappa shape index (κ3) is 10.4. The second kappa shape index (κ2) is 14.4. The first-order chi connectivity index (χ1) is 18.2. The zero-order valence-corrected chi connectivity index (χ0v) is 23.3. The highest BCUT2D eigenvalue weighted by Crippen LogP contribution is 2.27. The van der Waals surface area contributed by atoms with E-state index in [1.807, 2.05) is 75.4 Å². The molecular formula is C29H37N3O5S. The minimum Gasteiger partial charge on any atom is -0.490 e. The smallest absolute Gasteiger partial charge is 0.407 e. The number of alkyl carbamates (subject to hydrolysis) is 2. The Balaban J connectivity index is 1.44. The van der Waals surface area contributed by atoms with Gasteiger partial charge in [0.15, 0.2) is 0 Å². The van der Waals surface area contributed by atoms with E-state index in [2.05, 4.69) is 22.5 Å². The Morgan fingerprint density at radius 2 is 1.71 bits per heavy atom. The van der Waals surface area contributed by atoms with Gasteiger partial charge < -0.3 is 24.8 Å². The highest BCUT2D eigenvalue weighted by molar-refractivity contribution is 7.15. The molecule has 0 aliphatic heterocycles. The van der Waals surface area contributed by atoms with Crippen LogP contribution in [0.1, 0.15) is 57.4 Å². The molecule has 0 fully saturated rings. The number of rotatable bonds is 12. The van der Waals surface area contributed by atoms with Gasteiger partial charge in [0.05, 0.1) is 6.54 Å². The molecule has 0 aliphatic rings. The molecule has 3 rings (SSSR count). The van der Waals surface area contributed by atoms with Gasteiger partial charge in [-0.3, -0.25) is 0 Å². The zero-order valence-electron chi connectivity index (χ0n) is 22.5. The maximum atomic E-state index is 12.0. The third-order valence-electron chi connectivity index (χ3n) is 5.32. The number of benzene rings is 2. The van der Waals surface area contributed by atoms with Gasteiger partial charge in [0.1, 0.15) is 29.1 Å². The fraction of sp³-hybridized carbons (Fsp3) is 0.414. The quantitative estimate of drug-likeness (QED) is 0.266. The molecule has 1 heterocycles. The number of nitrogens with one attached hydrogen (secondary N) is 2. The van der Waals surface area contributed by atoms with E-state index in [1.165, 1.54) is 11.3 Å². The summed E-state index contributed by atoms with van der Waals surface area (Å²) in [6.45, 7) is 8.67.